The van der Waals surface area contributed by atoms with Crippen LogP contribution in [0.15, 0.2) is 58.2 Å². The maximum atomic E-state index is 12.7. The largest absolute Gasteiger partial charge is 0.378 e. The highest BCUT2D eigenvalue weighted by atomic mass is 32.2. The molecule has 0 unspecified atom stereocenters. The van der Waals surface area contributed by atoms with Crippen molar-refractivity contribution < 1.29 is 12.6 Å². The lowest BCUT2D eigenvalue weighted by Gasteiger charge is -2.15. The third kappa shape index (κ3) is 3.05. The minimum absolute atomic E-state index is 0.0601. The molecule has 0 aliphatic heterocycles. The van der Waals surface area contributed by atoms with Gasteiger partial charge >= 0.3 is 10.1 Å². The van der Waals surface area contributed by atoms with Crippen LogP contribution in [0.3, 0.4) is 0 Å². The molecule has 130 valence electrons. The Balaban J connectivity index is 2.23. The first kappa shape index (κ1) is 17.2. The summed E-state index contributed by atoms with van der Waals surface area (Å²) < 4.78 is 32.4. The Morgan fingerprint density at radius 2 is 1.68 bits per heavy atom. The molecule has 0 N–H and O–H groups in total. The molecule has 25 heavy (non-hydrogen) atoms. The molecule has 5 nitrogen and oxygen atoms in total. The molecule has 0 aliphatic rings. The van der Waals surface area contributed by atoms with Crippen LogP contribution < -0.4 is 9.74 Å². The molecule has 1 aromatic heterocycles. The summed E-state index contributed by atoms with van der Waals surface area (Å²) in [5, 5.41) is 0.595. The first-order chi connectivity index (χ1) is 11.8. The van der Waals surface area contributed by atoms with Crippen LogP contribution in [0.4, 0.5) is 0 Å². The van der Waals surface area contributed by atoms with Gasteiger partial charge in [0.2, 0.25) is 0 Å². The van der Waals surface area contributed by atoms with Crippen molar-refractivity contribution in [2.45, 2.75) is 25.2 Å². The van der Waals surface area contributed by atoms with Gasteiger partial charge in [-0.3, -0.25) is 4.79 Å². The van der Waals surface area contributed by atoms with E-state index in [2.05, 4.69) is 0 Å². The second-order valence-electron chi connectivity index (χ2n) is 5.89. The van der Waals surface area contributed by atoms with Gasteiger partial charge in [0.15, 0.2) is 5.75 Å². The number of nitrogens with zero attached hydrogens (tertiary/aromatic N) is 1. The van der Waals surface area contributed by atoms with Gasteiger partial charge in [-0.1, -0.05) is 36.8 Å². The smallest absolute Gasteiger partial charge is 0.339 e. The van der Waals surface area contributed by atoms with Gasteiger partial charge in [-0.05, 0) is 37.6 Å². The zero-order valence-electron chi connectivity index (χ0n) is 14.3. The molecule has 0 atom stereocenters. The van der Waals surface area contributed by atoms with Gasteiger partial charge in [-0.2, -0.15) is 8.42 Å². The fourth-order valence-electron chi connectivity index (χ4n) is 2.80. The van der Waals surface area contributed by atoms with Crippen molar-refractivity contribution in [3.63, 3.8) is 0 Å². The van der Waals surface area contributed by atoms with E-state index in [1.807, 2.05) is 6.92 Å². The van der Waals surface area contributed by atoms with Crippen LogP contribution in [0.1, 0.15) is 18.1 Å². The van der Waals surface area contributed by atoms with Gasteiger partial charge in [0, 0.05) is 12.4 Å². The first-order valence-corrected chi connectivity index (χ1v) is 9.37. The predicted molar refractivity (Wildman–Crippen MR) is 97.6 cm³/mol. The molecule has 0 radical (unpaired) electrons. The number of rotatable bonds is 4. The van der Waals surface area contributed by atoms with Gasteiger partial charge < -0.3 is 8.75 Å². The van der Waals surface area contributed by atoms with E-state index in [1.165, 1.54) is 16.7 Å². The number of aryl methyl sites for hydroxylation is 2. The lowest BCUT2D eigenvalue weighted by atomic mass is 10.1. The van der Waals surface area contributed by atoms with Crippen LogP contribution >= 0.6 is 0 Å². The molecule has 1 heterocycles. The van der Waals surface area contributed by atoms with Crippen LogP contribution in [-0.4, -0.2) is 13.0 Å². The van der Waals surface area contributed by atoms with Crippen molar-refractivity contribution in [3.8, 4) is 5.75 Å². The zero-order chi connectivity index (χ0) is 18.2. The van der Waals surface area contributed by atoms with E-state index in [0.29, 0.717) is 22.9 Å². The highest BCUT2D eigenvalue weighted by molar-refractivity contribution is 7.87. The maximum Gasteiger partial charge on any atom is 0.339 e. The summed E-state index contributed by atoms with van der Waals surface area (Å²) in [5.74, 6) is 0.113. The normalized spacial score (nSPS) is 11.6. The van der Waals surface area contributed by atoms with Gasteiger partial charge in [0.05, 0.1) is 11.1 Å². The SMILES string of the molecule is CCc1c(OS(=O)(=O)c2ccc(C)cc2)c2ccccc2n(C)c1=O. The quantitative estimate of drug-likeness (QED) is 0.673. The number of aromatic nitrogens is 1. The fraction of sp³-hybridized carbons (Fsp3) is 0.211. The molecule has 6 heteroatoms. The van der Waals surface area contributed by atoms with E-state index in [0.717, 1.165) is 5.56 Å². The van der Waals surface area contributed by atoms with E-state index >= 15 is 0 Å². The molecule has 3 aromatic rings. The molecule has 0 fully saturated rings. The molecular formula is C19H19NO4S. The minimum Gasteiger partial charge on any atom is -0.378 e. The minimum atomic E-state index is -4.03. The Bertz CT molecular complexity index is 1100. The molecule has 0 saturated carbocycles. The van der Waals surface area contributed by atoms with Gasteiger partial charge in [0.1, 0.15) is 4.90 Å². The summed E-state index contributed by atoms with van der Waals surface area (Å²) in [6.07, 6.45) is 0.371. The Morgan fingerprint density at radius 3 is 2.32 bits per heavy atom. The Morgan fingerprint density at radius 1 is 1.04 bits per heavy atom. The number of pyridine rings is 1. The zero-order valence-corrected chi connectivity index (χ0v) is 15.1. The lowest BCUT2D eigenvalue weighted by molar-refractivity contribution is 0.484. The third-order valence-electron chi connectivity index (χ3n) is 4.20. The van der Waals surface area contributed by atoms with Crippen LogP contribution in [-0.2, 0) is 23.6 Å². The summed E-state index contributed by atoms with van der Waals surface area (Å²) in [6, 6.07) is 13.5. The number of para-hydroxylation sites is 1. The third-order valence-corrected chi connectivity index (χ3v) is 5.44. The van der Waals surface area contributed by atoms with Crippen molar-refractivity contribution in [1.29, 1.82) is 0 Å². The average molecular weight is 357 g/mol. The van der Waals surface area contributed by atoms with Crippen LogP contribution in [0, 0.1) is 6.92 Å². The van der Waals surface area contributed by atoms with Crippen LogP contribution in [0.2, 0.25) is 0 Å². The van der Waals surface area contributed by atoms with Crippen molar-refractivity contribution >= 4 is 21.0 Å². The average Bonchev–Trinajstić information content (AvgIpc) is 2.60. The second kappa shape index (κ2) is 6.37. The topological polar surface area (TPSA) is 65.4 Å². The predicted octanol–water partition coefficient (Wildman–Crippen LogP) is 3.18. The number of hydrogen-bond acceptors (Lipinski definition) is 4. The maximum absolute atomic E-state index is 12.7. The van der Waals surface area contributed by atoms with Crippen molar-refractivity contribution in [2.75, 3.05) is 0 Å². The van der Waals surface area contributed by atoms with Gasteiger partial charge in [-0.25, -0.2) is 0 Å². The summed E-state index contributed by atoms with van der Waals surface area (Å²) in [7, 11) is -2.36. The molecule has 0 saturated heterocycles. The lowest BCUT2D eigenvalue weighted by Crippen LogP contribution is -2.23. The molecule has 0 amide bonds. The monoisotopic (exact) mass is 357 g/mol. The number of hydrogen-bond donors (Lipinski definition) is 0. The van der Waals surface area contributed by atoms with Crippen molar-refractivity contribution in [2.24, 2.45) is 7.05 Å². The molecule has 0 bridgehead atoms. The van der Waals surface area contributed by atoms with E-state index in [9.17, 15) is 13.2 Å². The first-order valence-electron chi connectivity index (χ1n) is 7.97. The summed E-state index contributed by atoms with van der Waals surface area (Å²) in [4.78, 5) is 12.6. The number of benzene rings is 2. The van der Waals surface area contributed by atoms with Crippen LogP contribution in [0.25, 0.3) is 10.9 Å². The Kier molecular flexibility index (Phi) is 4.39. The number of fused-ring (bicyclic) bond motifs is 1. The van der Waals surface area contributed by atoms with E-state index in [4.69, 9.17) is 4.18 Å². The summed E-state index contributed by atoms with van der Waals surface area (Å²) in [6.45, 7) is 3.68. The molecule has 0 aliphatic carbocycles. The summed E-state index contributed by atoms with van der Waals surface area (Å²) in [5.41, 5.74) is 1.67. The molecule has 0 spiro atoms. The van der Waals surface area contributed by atoms with Gasteiger partial charge in [0.25, 0.3) is 5.56 Å². The highest BCUT2D eigenvalue weighted by Gasteiger charge is 2.22. The second-order valence-corrected chi connectivity index (χ2v) is 7.44. The highest BCUT2D eigenvalue weighted by Crippen LogP contribution is 2.30. The molecule has 2 aromatic carbocycles. The van der Waals surface area contributed by atoms with Crippen LogP contribution in [0.5, 0.6) is 5.75 Å². The van der Waals surface area contributed by atoms with Gasteiger partial charge in [-0.15, -0.1) is 0 Å². The molecule has 3 rings (SSSR count). The standard InChI is InChI=1S/C19H19NO4S/c1-4-15-18(16-7-5-6-8-17(16)20(3)19(15)21)24-25(22,23)14-11-9-13(2)10-12-14/h5-12H,4H2,1-3H3. The summed E-state index contributed by atoms with van der Waals surface area (Å²) >= 11 is 0. The van der Waals surface area contributed by atoms with E-state index < -0.39 is 10.1 Å². The molecular weight excluding hydrogens is 338 g/mol. The Labute approximate surface area is 146 Å². The van der Waals surface area contributed by atoms with E-state index in [-0.39, 0.29) is 16.2 Å². The van der Waals surface area contributed by atoms with E-state index in [1.54, 1.807) is 50.4 Å². The van der Waals surface area contributed by atoms with Crippen molar-refractivity contribution in [1.82, 2.24) is 4.57 Å². The fourth-order valence-corrected chi connectivity index (χ4v) is 3.77. The van der Waals surface area contributed by atoms with Crippen molar-refractivity contribution in [3.05, 3.63) is 70.0 Å². The Hall–Kier alpha value is -2.60.